The van der Waals surface area contributed by atoms with Gasteiger partial charge >= 0.3 is 0 Å². The van der Waals surface area contributed by atoms with Gasteiger partial charge in [-0.25, -0.2) is 12.8 Å². The molecule has 1 aromatic rings. The molecule has 100 valence electrons. The normalized spacial score (nSPS) is 11.8. The zero-order valence-corrected chi connectivity index (χ0v) is 11.1. The Morgan fingerprint density at radius 1 is 1.50 bits per heavy atom. The largest absolute Gasteiger partial charge is 0.329 e. The van der Waals surface area contributed by atoms with Crippen molar-refractivity contribution >= 4 is 10.0 Å². The van der Waals surface area contributed by atoms with Gasteiger partial charge in [0.15, 0.2) is 0 Å². The van der Waals surface area contributed by atoms with Crippen LogP contribution in [0, 0.1) is 12.7 Å². The van der Waals surface area contributed by atoms with Crippen molar-refractivity contribution in [3.8, 4) is 0 Å². The van der Waals surface area contributed by atoms with Gasteiger partial charge in [-0.15, -0.1) is 6.58 Å². The number of hydrogen-bond donors (Lipinski definition) is 1. The van der Waals surface area contributed by atoms with E-state index in [9.17, 15) is 12.8 Å². The van der Waals surface area contributed by atoms with Crippen LogP contribution in [0.1, 0.15) is 5.56 Å². The number of sulfonamides is 1. The standard InChI is InChI=1S/C12H17FN2O2S/c1-3-7-15(8-6-14)18(16,17)12-5-4-11(13)9-10(12)2/h3-5,9H,1,6-8,14H2,2H3. The van der Waals surface area contributed by atoms with Gasteiger partial charge in [-0.1, -0.05) is 6.08 Å². The third-order valence-electron chi connectivity index (χ3n) is 2.47. The van der Waals surface area contributed by atoms with Gasteiger partial charge in [-0.3, -0.25) is 0 Å². The molecule has 0 fully saturated rings. The quantitative estimate of drug-likeness (QED) is 0.793. The molecule has 0 heterocycles. The summed E-state index contributed by atoms with van der Waals surface area (Å²) in [5.74, 6) is -0.458. The third kappa shape index (κ3) is 3.16. The Bertz CT molecular complexity index is 529. The highest BCUT2D eigenvalue weighted by Crippen LogP contribution is 2.20. The second kappa shape index (κ2) is 6.08. The Hall–Kier alpha value is -1.24. The Balaban J connectivity index is 3.21. The van der Waals surface area contributed by atoms with Gasteiger partial charge in [0.25, 0.3) is 0 Å². The predicted octanol–water partition coefficient (Wildman–Crippen LogP) is 1.27. The SMILES string of the molecule is C=CCN(CCN)S(=O)(=O)c1ccc(F)cc1C. The number of rotatable bonds is 6. The molecule has 0 saturated carbocycles. The van der Waals surface area contributed by atoms with E-state index < -0.39 is 15.8 Å². The summed E-state index contributed by atoms with van der Waals surface area (Å²) in [6, 6.07) is 3.60. The molecular formula is C12H17FN2O2S. The zero-order chi connectivity index (χ0) is 13.8. The van der Waals surface area contributed by atoms with Crippen molar-refractivity contribution < 1.29 is 12.8 Å². The molecule has 0 aliphatic carbocycles. The fourth-order valence-electron chi connectivity index (χ4n) is 1.64. The van der Waals surface area contributed by atoms with E-state index in [0.717, 1.165) is 6.07 Å². The number of nitrogens with two attached hydrogens (primary N) is 1. The molecule has 2 N–H and O–H groups in total. The average molecular weight is 272 g/mol. The second-order valence-electron chi connectivity index (χ2n) is 3.85. The molecular weight excluding hydrogens is 255 g/mol. The molecule has 0 radical (unpaired) electrons. The lowest BCUT2D eigenvalue weighted by molar-refractivity contribution is 0.449. The first-order chi connectivity index (χ1) is 8.43. The highest BCUT2D eigenvalue weighted by molar-refractivity contribution is 7.89. The van der Waals surface area contributed by atoms with Crippen molar-refractivity contribution in [1.29, 1.82) is 0 Å². The smallest absolute Gasteiger partial charge is 0.243 e. The van der Waals surface area contributed by atoms with Crippen LogP contribution < -0.4 is 5.73 Å². The van der Waals surface area contributed by atoms with E-state index in [-0.39, 0.29) is 24.5 Å². The summed E-state index contributed by atoms with van der Waals surface area (Å²) in [5.41, 5.74) is 5.77. The molecule has 0 atom stereocenters. The number of hydrogen-bond acceptors (Lipinski definition) is 3. The molecule has 0 spiro atoms. The first-order valence-corrected chi connectivity index (χ1v) is 6.94. The molecule has 0 unspecified atom stereocenters. The second-order valence-corrected chi connectivity index (χ2v) is 5.76. The lowest BCUT2D eigenvalue weighted by atomic mass is 10.2. The van der Waals surface area contributed by atoms with Crippen molar-refractivity contribution in [1.82, 2.24) is 4.31 Å². The van der Waals surface area contributed by atoms with Crippen molar-refractivity contribution in [3.63, 3.8) is 0 Å². The van der Waals surface area contributed by atoms with Crippen LogP contribution in [0.25, 0.3) is 0 Å². The molecule has 0 saturated heterocycles. The summed E-state index contributed by atoms with van der Waals surface area (Å²) in [7, 11) is -3.66. The van der Waals surface area contributed by atoms with Gasteiger partial charge in [-0.05, 0) is 30.7 Å². The van der Waals surface area contributed by atoms with Crippen LogP contribution >= 0.6 is 0 Å². The minimum Gasteiger partial charge on any atom is -0.329 e. The fraction of sp³-hybridized carbons (Fsp3) is 0.333. The van der Waals surface area contributed by atoms with E-state index >= 15 is 0 Å². The van der Waals surface area contributed by atoms with E-state index in [2.05, 4.69) is 6.58 Å². The molecule has 0 amide bonds. The molecule has 18 heavy (non-hydrogen) atoms. The molecule has 1 aromatic carbocycles. The van der Waals surface area contributed by atoms with Crippen LogP contribution in [0.2, 0.25) is 0 Å². The highest BCUT2D eigenvalue weighted by Gasteiger charge is 2.24. The fourth-order valence-corrected chi connectivity index (χ4v) is 3.27. The Labute approximate surface area is 107 Å². The van der Waals surface area contributed by atoms with Crippen LogP contribution in [0.15, 0.2) is 35.7 Å². The van der Waals surface area contributed by atoms with Crippen molar-refractivity contribution in [2.75, 3.05) is 19.6 Å². The van der Waals surface area contributed by atoms with E-state index in [1.165, 1.54) is 22.5 Å². The minimum atomic E-state index is -3.66. The van der Waals surface area contributed by atoms with Crippen LogP contribution in [-0.2, 0) is 10.0 Å². The molecule has 4 nitrogen and oxygen atoms in total. The van der Waals surface area contributed by atoms with E-state index in [1.54, 1.807) is 6.92 Å². The summed E-state index contributed by atoms with van der Waals surface area (Å²) in [6.45, 7) is 5.67. The maximum Gasteiger partial charge on any atom is 0.243 e. The number of halogens is 1. The van der Waals surface area contributed by atoms with Crippen molar-refractivity contribution in [3.05, 3.63) is 42.2 Å². The predicted molar refractivity (Wildman–Crippen MR) is 69.1 cm³/mol. The van der Waals surface area contributed by atoms with Crippen molar-refractivity contribution in [2.24, 2.45) is 5.73 Å². The molecule has 0 bridgehead atoms. The molecule has 0 aliphatic heterocycles. The van der Waals surface area contributed by atoms with Crippen LogP contribution in [0.3, 0.4) is 0 Å². The first kappa shape index (κ1) is 14.8. The summed E-state index contributed by atoms with van der Waals surface area (Å²) < 4.78 is 38.9. The Morgan fingerprint density at radius 2 is 2.17 bits per heavy atom. The average Bonchev–Trinajstić information content (AvgIpc) is 2.28. The Morgan fingerprint density at radius 3 is 2.67 bits per heavy atom. The zero-order valence-electron chi connectivity index (χ0n) is 10.3. The maximum atomic E-state index is 13.0. The topological polar surface area (TPSA) is 63.4 Å². The molecule has 1 rings (SSSR count). The Kier molecular flexibility index (Phi) is 5.01. The first-order valence-electron chi connectivity index (χ1n) is 5.50. The van der Waals surface area contributed by atoms with E-state index in [1.807, 2.05) is 0 Å². The van der Waals surface area contributed by atoms with Gasteiger partial charge in [0.2, 0.25) is 10.0 Å². The summed E-state index contributed by atoms with van der Waals surface area (Å²) in [6.07, 6.45) is 1.49. The third-order valence-corrected chi connectivity index (χ3v) is 4.49. The lowest BCUT2D eigenvalue weighted by Gasteiger charge is -2.21. The lowest BCUT2D eigenvalue weighted by Crippen LogP contribution is -2.35. The summed E-state index contributed by atoms with van der Waals surface area (Å²) in [4.78, 5) is 0.0965. The summed E-state index contributed by atoms with van der Waals surface area (Å²) in [5, 5.41) is 0. The van der Waals surface area contributed by atoms with Gasteiger partial charge < -0.3 is 5.73 Å². The van der Waals surface area contributed by atoms with Crippen LogP contribution in [-0.4, -0.2) is 32.4 Å². The number of aryl methyl sites for hydroxylation is 1. The van der Waals surface area contributed by atoms with E-state index in [4.69, 9.17) is 5.73 Å². The highest BCUT2D eigenvalue weighted by atomic mass is 32.2. The van der Waals surface area contributed by atoms with Gasteiger partial charge in [0.1, 0.15) is 5.82 Å². The molecule has 0 aromatic heterocycles. The van der Waals surface area contributed by atoms with E-state index in [0.29, 0.717) is 5.56 Å². The van der Waals surface area contributed by atoms with Gasteiger partial charge in [0, 0.05) is 19.6 Å². The van der Waals surface area contributed by atoms with Gasteiger partial charge in [0.05, 0.1) is 4.90 Å². The maximum absolute atomic E-state index is 13.0. The summed E-state index contributed by atoms with van der Waals surface area (Å²) >= 11 is 0. The molecule has 6 heteroatoms. The number of nitrogens with zero attached hydrogens (tertiary/aromatic N) is 1. The monoisotopic (exact) mass is 272 g/mol. The van der Waals surface area contributed by atoms with Gasteiger partial charge in [-0.2, -0.15) is 4.31 Å². The van der Waals surface area contributed by atoms with Crippen LogP contribution in [0.4, 0.5) is 4.39 Å². The van der Waals surface area contributed by atoms with Crippen LogP contribution in [0.5, 0.6) is 0 Å². The van der Waals surface area contributed by atoms with Crippen molar-refractivity contribution in [2.45, 2.75) is 11.8 Å². The number of benzene rings is 1. The molecule has 0 aliphatic rings. The minimum absolute atomic E-state index is 0.0965.